The molecule has 1 aliphatic rings. The van der Waals surface area contributed by atoms with Gasteiger partial charge in [-0.25, -0.2) is 0 Å². The summed E-state index contributed by atoms with van der Waals surface area (Å²) in [7, 11) is 0. The molecule has 0 radical (unpaired) electrons. The van der Waals surface area contributed by atoms with Crippen LogP contribution in [0.4, 0.5) is 0 Å². The largest absolute Gasteiger partial charge is 0.312 e. The molecular formula is C13H21BrCl2N2. The lowest BCUT2D eigenvalue weighted by Gasteiger charge is -2.31. The number of piperazine rings is 1. The summed E-state index contributed by atoms with van der Waals surface area (Å²) in [6.45, 7) is 8.86. The molecule has 1 saturated heterocycles. The van der Waals surface area contributed by atoms with Crippen molar-refractivity contribution in [3.05, 3.63) is 33.8 Å². The Morgan fingerprint density at radius 3 is 2.67 bits per heavy atom. The molecule has 0 spiro atoms. The zero-order valence-electron chi connectivity index (χ0n) is 10.8. The summed E-state index contributed by atoms with van der Waals surface area (Å²) in [6.07, 6.45) is 0. The normalized spacial score (nSPS) is 19.8. The molecule has 0 aliphatic carbocycles. The number of rotatable bonds is 2. The third kappa shape index (κ3) is 5.45. The van der Waals surface area contributed by atoms with Crippen molar-refractivity contribution in [2.24, 2.45) is 0 Å². The molecule has 1 atom stereocenters. The van der Waals surface area contributed by atoms with E-state index < -0.39 is 0 Å². The number of aryl methyl sites for hydroxylation is 1. The predicted octanol–water partition coefficient (Wildman–Crippen LogP) is 3.39. The lowest BCUT2D eigenvalue weighted by Crippen LogP contribution is -2.48. The van der Waals surface area contributed by atoms with Crippen LogP contribution in [0.2, 0.25) is 0 Å². The van der Waals surface area contributed by atoms with Gasteiger partial charge in [-0.3, -0.25) is 4.90 Å². The fourth-order valence-corrected chi connectivity index (χ4v) is 2.97. The van der Waals surface area contributed by atoms with E-state index in [1.54, 1.807) is 0 Å². The summed E-state index contributed by atoms with van der Waals surface area (Å²) in [5.41, 5.74) is 2.73. The maximum absolute atomic E-state index is 3.56. The van der Waals surface area contributed by atoms with Crippen LogP contribution in [0.5, 0.6) is 0 Å². The molecule has 0 saturated carbocycles. The van der Waals surface area contributed by atoms with E-state index in [0.717, 1.165) is 26.2 Å². The van der Waals surface area contributed by atoms with E-state index in [9.17, 15) is 0 Å². The average molecular weight is 356 g/mol. The Labute approximate surface area is 130 Å². The Morgan fingerprint density at radius 2 is 2.06 bits per heavy atom. The molecular weight excluding hydrogens is 335 g/mol. The fourth-order valence-electron chi connectivity index (χ4n) is 2.32. The van der Waals surface area contributed by atoms with Gasteiger partial charge in [-0.05, 0) is 37.1 Å². The minimum atomic E-state index is 0. The first-order valence-corrected chi connectivity index (χ1v) is 6.64. The van der Waals surface area contributed by atoms with Crippen molar-refractivity contribution in [1.29, 1.82) is 0 Å². The number of hydrogen-bond donors (Lipinski definition) is 1. The van der Waals surface area contributed by atoms with Gasteiger partial charge in [0.2, 0.25) is 0 Å². The van der Waals surface area contributed by atoms with E-state index >= 15 is 0 Å². The molecule has 1 aromatic rings. The van der Waals surface area contributed by atoms with Crippen molar-refractivity contribution in [3.63, 3.8) is 0 Å². The highest BCUT2D eigenvalue weighted by atomic mass is 79.9. The maximum atomic E-state index is 3.56. The number of halogens is 3. The van der Waals surface area contributed by atoms with Crippen LogP contribution in [0, 0.1) is 6.92 Å². The molecule has 1 fully saturated rings. The van der Waals surface area contributed by atoms with Gasteiger partial charge in [0, 0.05) is 36.7 Å². The summed E-state index contributed by atoms with van der Waals surface area (Å²) in [4.78, 5) is 2.52. The smallest absolute Gasteiger partial charge is 0.0235 e. The van der Waals surface area contributed by atoms with Crippen molar-refractivity contribution in [2.75, 3.05) is 19.6 Å². The zero-order valence-corrected chi connectivity index (χ0v) is 14.0. The Bertz CT molecular complexity index is 354. The highest BCUT2D eigenvalue weighted by Crippen LogP contribution is 2.17. The van der Waals surface area contributed by atoms with Gasteiger partial charge in [0.05, 0.1) is 0 Å². The summed E-state index contributed by atoms with van der Waals surface area (Å²) >= 11 is 3.56. The number of benzene rings is 1. The highest BCUT2D eigenvalue weighted by molar-refractivity contribution is 9.10. The molecule has 1 aromatic carbocycles. The minimum Gasteiger partial charge on any atom is -0.312 e. The molecule has 0 unspecified atom stereocenters. The quantitative estimate of drug-likeness (QED) is 0.874. The standard InChI is InChI=1S/C13H19BrN2.2ClH/c1-10-5-12(7-13(14)6-10)9-16-4-3-15-11(2)8-16;;/h5-7,11,15H,3-4,8-9H2,1-2H3;2*1H/t11-;;/m0../s1. The number of hydrogen-bond acceptors (Lipinski definition) is 2. The lowest BCUT2D eigenvalue weighted by atomic mass is 10.1. The van der Waals surface area contributed by atoms with Crippen LogP contribution in [-0.2, 0) is 6.54 Å². The van der Waals surface area contributed by atoms with Crippen LogP contribution >= 0.6 is 40.7 Å². The van der Waals surface area contributed by atoms with Crippen molar-refractivity contribution >= 4 is 40.7 Å². The molecule has 1 N–H and O–H groups in total. The lowest BCUT2D eigenvalue weighted by molar-refractivity contribution is 0.199. The second-order valence-corrected chi connectivity index (χ2v) is 5.64. The average Bonchev–Trinajstić information content (AvgIpc) is 2.15. The SMILES string of the molecule is Cc1cc(Br)cc(CN2CCN[C@@H](C)C2)c1.Cl.Cl. The van der Waals surface area contributed by atoms with Crippen molar-refractivity contribution in [1.82, 2.24) is 10.2 Å². The Hall–Kier alpha value is 0.200. The molecule has 2 rings (SSSR count). The van der Waals surface area contributed by atoms with Gasteiger partial charge in [0.25, 0.3) is 0 Å². The van der Waals surface area contributed by atoms with Crippen LogP contribution in [0.3, 0.4) is 0 Å². The van der Waals surface area contributed by atoms with Crippen molar-refractivity contribution < 1.29 is 0 Å². The molecule has 0 aromatic heterocycles. The Balaban J connectivity index is 0.00000144. The molecule has 5 heteroatoms. The Kier molecular flexibility index (Phi) is 8.48. The van der Waals surface area contributed by atoms with E-state index in [1.165, 1.54) is 15.6 Å². The monoisotopic (exact) mass is 354 g/mol. The first-order valence-electron chi connectivity index (χ1n) is 5.85. The molecule has 0 amide bonds. The van der Waals surface area contributed by atoms with E-state index in [4.69, 9.17) is 0 Å². The number of nitrogens with one attached hydrogen (secondary N) is 1. The van der Waals surface area contributed by atoms with Gasteiger partial charge in [-0.1, -0.05) is 22.0 Å². The fraction of sp³-hybridized carbons (Fsp3) is 0.538. The molecule has 104 valence electrons. The van der Waals surface area contributed by atoms with E-state index in [1.807, 2.05) is 0 Å². The third-order valence-corrected chi connectivity index (χ3v) is 3.42. The predicted molar refractivity (Wildman–Crippen MR) is 86.1 cm³/mol. The zero-order chi connectivity index (χ0) is 11.5. The van der Waals surface area contributed by atoms with Crippen LogP contribution in [-0.4, -0.2) is 30.6 Å². The second-order valence-electron chi connectivity index (χ2n) is 4.73. The minimum absolute atomic E-state index is 0. The van der Waals surface area contributed by atoms with Gasteiger partial charge in [0.15, 0.2) is 0 Å². The summed E-state index contributed by atoms with van der Waals surface area (Å²) < 4.78 is 1.19. The Morgan fingerprint density at radius 1 is 1.33 bits per heavy atom. The van der Waals surface area contributed by atoms with Crippen LogP contribution < -0.4 is 5.32 Å². The summed E-state index contributed by atoms with van der Waals surface area (Å²) in [6, 6.07) is 7.27. The van der Waals surface area contributed by atoms with Gasteiger partial charge in [-0.15, -0.1) is 24.8 Å². The molecule has 1 aliphatic heterocycles. The van der Waals surface area contributed by atoms with Gasteiger partial charge >= 0.3 is 0 Å². The van der Waals surface area contributed by atoms with Gasteiger partial charge in [-0.2, -0.15) is 0 Å². The first-order chi connectivity index (χ1) is 7.63. The summed E-state index contributed by atoms with van der Waals surface area (Å²) in [5.74, 6) is 0. The van der Waals surface area contributed by atoms with Crippen molar-refractivity contribution in [2.45, 2.75) is 26.4 Å². The second kappa shape index (κ2) is 8.39. The van der Waals surface area contributed by atoms with Crippen LogP contribution in [0.25, 0.3) is 0 Å². The molecule has 18 heavy (non-hydrogen) atoms. The molecule has 0 bridgehead atoms. The van der Waals surface area contributed by atoms with Crippen molar-refractivity contribution in [3.8, 4) is 0 Å². The van der Waals surface area contributed by atoms with E-state index in [-0.39, 0.29) is 24.8 Å². The third-order valence-electron chi connectivity index (χ3n) is 2.96. The van der Waals surface area contributed by atoms with Gasteiger partial charge < -0.3 is 5.32 Å². The number of nitrogens with zero attached hydrogens (tertiary/aromatic N) is 1. The first kappa shape index (κ1) is 18.2. The molecule has 1 heterocycles. The topological polar surface area (TPSA) is 15.3 Å². The summed E-state index contributed by atoms with van der Waals surface area (Å²) in [5, 5.41) is 3.47. The maximum Gasteiger partial charge on any atom is 0.0235 e. The van der Waals surface area contributed by atoms with E-state index in [2.05, 4.69) is 58.2 Å². The van der Waals surface area contributed by atoms with Crippen LogP contribution in [0.15, 0.2) is 22.7 Å². The highest BCUT2D eigenvalue weighted by Gasteiger charge is 2.15. The van der Waals surface area contributed by atoms with Crippen LogP contribution in [0.1, 0.15) is 18.1 Å². The molecule has 2 nitrogen and oxygen atoms in total. The van der Waals surface area contributed by atoms with E-state index in [0.29, 0.717) is 6.04 Å². The van der Waals surface area contributed by atoms with Gasteiger partial charge in [0.1, 0.15) is 0 Å².